The third-order valence-electron chi connectivity index (χ3n) is 5.14. The number of hydrogen-bond donors (Lipinski definition) is 1. The third-order valence-corrected chi connectivity index (χ3v) is 5.14. The van der Waals surface area contributed by atoms with E-state index in [2.05, 4.69) is 10.3 Å². The quantitative estimate of drug-likeness (QED) is 0.507. The van der Waals surface area contributed by atoms with E-state index in [1.165, 1.54) is 6.33 Å². The fourth-order valence-electron chi connectivity index (χ4n) is 3.54. The number of benzene rings is 1. The molecule has 0 saturated heterocycles. The molecule has 30 heavy (non-hydrogen) atoms. The van der Waals surface area contributed by atoms with Crippen molar-refractivity contribution in [3.8, 4) is 0 Å². The molecule has 1 aliphatic rings. The van der Waals surface area contributed by atoms with Crippen LogP contribution in [0.25, 0.3) is 11.1 Å². The molecule has 1 N–H and O–H groups in total. The van der Waals surface area contributed by atoms with Gasteiger partial charge in [-0.1, -0.05) is 0 Å². The number of carbonyl (C=O) groups excluding carboxylic acids is 3. The number of anilines is 1. The molecule has 154 valence electrons. The molecule has 4 rings (SSSR count). The summed E-state index contributed by atoms with van der Waals surface area (Å²) in [5.74, 6) is -1.26. The lowest BCUT2D eigenvalue weighted by molar-refractivity contribution is -0.116. The number of Topliss-reactive ketones (excluding diaryl/α,β-unsaturated/α-hetero) is 1. The van der Waals surface area contributed by atoms with Gasteiger partial charge in [0.15, 0.2) is 5.78 Å². The lowest BCUT2D eigenvalue weighted by atomic mass is 9.99. The monoisotopic (exact) mass is 409 g/mol. The van der Waals surface area contributed by atoms with Gasteiger partial charge in [-0.15, -0.1) is 0 Å². The Hall–Kier alpha value is -3.75. The second-order valence-corrected chi connectivity index (χ2v) is 7.05. The summed E-state index contributed by atoms with van der Waals surface area (Å²) in [6.45, 7) is 4.83. The Morgan fingerprint density at radius 1 is 1.30 bits per heavy atom. The fraction of sp³-hybridized carbons (Fsp3) is 0.286. The predicted octanol–water partition coefficient (Wildman–Crippen LogP) is 2.41. The zero-order chi connectivity index (χ0) is 21.6. The molecule has 3 heterocycles. The van der Waals surface area contributed by atoms with Crippen LogP contribution < -0.4 is 10.9 Å². The maximum absolute atomic E-state index is 13.0. The van der Waals surface area contributed by atoms with E-state index in [1.54, 1.807) is 39.0 Å². The fourth-order valence-corrected chi connectivity index (χ4v) is 3.54. The second kappa shape index (κ2) is 7.25. The molecule has 9 nitrogen and oxygen atoms in total. The molecule has 9 heteroatoms. The van der Waals surface area contributed by atoms with Crippen molar-refractivity contribution in [1.82, 2.24) is 9.55 Å². The van der Waals surface area contributed by atoms with Crippen molar-refractivity contribution >= 4 is 34.4 Å². The van der Waals surface area contributed by atoms with Gasteiger partial charge in [0.05, 0.1) is 19.1 Å². The average molecular weight is 409 g/mol. The molecule has 0 radical (unpaired) electrons. The van der Waals surface area contributed by atoms with E-state index in [-0.39, 0.29) is 53.2 Å². The SMILES string of the molecule is CCOC(=O)c1c(C)oc2ncn(CC(=O)c3ccc4c(c3)[C@@H](C)C(=O)N4)c(=O)c12. The van der Waals surface area contributed by atoms with Crippen LogP contribution in [-0.2, 0) is 16.1 Å². The standard InChI is InChI=1S/C21H19N3O6/c1-4-29-21(28)16-11(3)30-19-17(16)20(27)24(9-22-19)8-15(25)12-5-6-14-13(7-12)10(2)18(26)23-14/h5-7,9-10H,4,8H2,1-3H3,(H,23,26)/t10-/m1/s1. The van der Waals surface area contributed by atoms with Crippen molar-refractivity contribution in [3.05, 3.63) is 57.3 Å². The highest BCUT2D eigenvalue weighted by atomic mass is 16.5. The molecular formula is C21H19N3O6. The van der Waals surface area contributed by atoms with Crippen LogP contribution in [0.15, 0.2) is 33.7 Å². The van der Waals surface area contributed by atoms with Crippen molar-refractivity contribution in [2.75, 3.05) is 11.9 Å². The van der Waals surface area contributed by atoms with Crippen LogP contribution in [0.3, 0.4) is 0 Å². The molecular weight excluding hydrogens is 390 g/mol. The Bertz CT molecular complexity index is 1270. The van der Waals surface area contributed by atoms with E-state index in [1.807, 2.05) is 0 Å². The maximum atomic E-state index is 13.0. The summed E-state index contributed by atoms with van der Waals surface area (Å²) in [6, 6.07) is 4.93. The van der Waals surface area contributed by atoms with Gasteiger partial charge in [0.1, 0.15) is 23.0 Å². The number of nitrogens with one attached hydrogen (secondary N) is 1. The molecule has 0 bridgehead atoms. The molecule has 0 unspecified atom stereocenters. The Kier molecular flexibility index (Phi) is 4.73. The number of esters is 1. The van der Waals surface area contributed by atoms with Gasteiger partial charge in [0.2, 0.25) is 11.6 Å². The Balaban J connectivity index is 1.70. The van der Waals surface area contributed by atoms with Gasteiger partial charge in [0.25, 0.3) is 5.56 Å². The Labute approximate surface area is 170 Å². The van der Waals surface area contributed by atoms with Crippen molar-refractivity contribution in [3.63, 3.8) is 0 Å². The first-order valence-electron chi connectivity index (χ1n) is 9.45. The highest BCUT2D eigenvalue weighted by Crippen LogP contribution is 2.32. The summed E-state index contributed by atoms with van der Waals surface area (Å²) in [4.78, 5) is 53.9. The van der Waals surface area contributed by atoms with Crippen LogP contribution >= 0.6 is 0 Å². The molecule has 3 aromatic rings. The van der Waals surface area contributed by atoms with Crippen molar-refractivity contribution in [2.45, 2.75) is 33.2 Å². The third kappa shape index (κ3) is 3.08. The number of nitrogens with zero attached hydrogens (tertiary/aromatic N) is 2. The molecule has 1 aromatic carbocycles. The molecule has 0 saturated carbocycles. The lowest BCUT2D eigenvalue weighted by Crippen LogP contribution is -2.25. The van der Waals surface area contributed by atoms with Crippen LogP contribution in [0.5, 0.6) is 0 Å². The summed E-state index contributed by atoms with van der Waals surface area (Å²) in [6.07, 6.45) is 1.21. The van der Waals surface area contributed by atoms with Crippen LogP contribution in [0, 0.1) is 6.92 Å². The smallest absolute Gasteiger partial charge is 0.342 e. The number of ether oxygens (including phenoxy) is 1. The van der Waals surface area contributed by atoms with E-state index in [0.29, 0.717) is 11.3 Å². The van der Waals surface area contributed by atoms with E-state index < -0.39 is 11.5 Å². The molecule has 0 spiro atoms. The number of fused-ring (bicyclic) bond motifs is 2. The predicted molar refractivity (Wildman–Crippen MR) is 107 cm³/mol. The summed E-state index contributed by atoms with van der Waals surface area (Å²) in [5, 5.41) is 2.74. The topological polar surface area (TPSA) is 120 Å². The first-order chi connectivity index (χ1) is 14.3. The summed E-state index contributed by atoms with van der Waals surface area (Å²) in [5.41, 5.74) is 1.25. The Morgan fingerprint density at radius 3 is 2.80 bits per heavy atom. The summed E-state index contributed by atoms with van der Waals surface area (Å²) >= 11 is 0. The highest BCUT2D eigenvalue weighted by molar-refractivity contribution is 6.05. The van der Waals surface area contributed by atoms with Crippen LogP contribution in [-0.4, -0.2) is 33.8 Å². The minimum Gasteiger partial charge on any atom is -0.462 e. The van der Waals surface area contributed by atoms with Crippen LogP contribution in [0.4, 0.5) is 5.69 Å². The average Bonchev–Trinajstić information content (AvgIpc) is 3.20. The number of amides is 1. The van der Waals surface area contributed by atoms with Gasteiger partial charge < -0.3 is 14.5 Å². The van der Waals surface area contributed by atoms with E-state index in [9.17, 15) is 19.2 Å². The van der Waals surface area contributed by atoms with E-state index in [0.717, 1.165) is 10.1 Å². The largest absolute Gasteiger partial charge is 0.462 e. The minimum atomic E-state index is -0.679. The van der Waals surface area contributed by atoms with Gasteiger partial charge in [-0.25, -0.2) is 9.78 Å². The minimum absolute atomic E-state index is 0.0141. The summed E-state index contributed by atoms with van der Waals surface area (Å²) in [7, 11) is 0. The molecule has 0 fully saturated rings. The first kappa shape index (κ1) is 19.6. The number of hydrogen-bond acceptors (Lipinski definition) is 7. The van der Waals surface area contributed by atoms with E-state index in [4.69, 9.17) is 9.15 Å². The van der Waals surface area contributed by atoms with Crippen molar-refractivity contribution < 1.29 is 23.5 Å². The second-order valence-electron chi connectivity index (χ2n) is 7.05. The summed E-state index contributed by atoms with van der Waals surface area (Å²) < 4.78 is 11.5. The highest BCUT2D eigenvalue weighted by Gasteiger charge is 2.28. The zero-order valence-electron chi connectivity index (χ0n) is 16.6. The van der Waals surface area contributed by atoms with Crippen molar-refractivity contribution in [2.24, 2.45) is 0 Å². The van der Waals surface area contributed by atoms with Gasteiger partial charge >= 0.3 is 5.97 Å². The molecule has 1 amide bonds. The Morgan fingerprint density at radius 2 is 2.07 bits per heavy atom. The molecule has 1 aliphatic heterocycles. The number of aromatic nitrogens is 2. The molecule has 0 aliphatic carbocycles. The van der Waals surface area contributed by atoms with Crippen LogP contribution in [0.1, 0.15) is 51.8 Å². The number of aryl methyl sites for hydroxylation is 1. The molecule has 2 aromatic heterocycles. The normalized spacial score (nSPS) is 15.2. The molecule has 1 atom stereocenters. The first-order valence-corrected chi connectivity index (χ1v) is 9.45. The number of carbonyl (C=O) groups is 3. The van der Waals surface area contributed by atoms with Gasteiger partial charge in [-0.05, 0) is 44.5 Å². The number of ketones is 1. The van der Waals surface area contributed by atoms with Gasteiger partial charge in [-0.3, -0.25) is 19.0 Å². The van der Waals surface area contributed by atoms with Crippen molar-refractivity contribution in [1.29, 1.82) is 0 Å². The van der Waals surface area contributed by atoms with Crippen LogP contribution in [0.2, 0.25) is 0 Å². The maximum Gasteiger partial charge on any atom is 0.342 e. The van der Waals surface area contributed by atoms with Gasteiger partial charge in [-0.2, -0.15) is 0 Å². The zero-order valence-corrected chi connectivity index (χ0v) is 16.6. The number of furan rings is 1. The lowest BCUT2D eigenvalue weighted by Gasteiger charge is -2.07. The van der Waals surface area contributed by atoms with Gasteiger partial charge in [0, 0.05) is 11.3 Å². The number of rotatable bonds is 5. The van der Waals surface area contributed by atoms with E-state index >= 15 is 0 Å².